The summed E-state index contributed by atoms with van der Waals surface area (Å²) >= 11 is 0. The number of amides is 2. The summed E-state index contributed by atoms with van der Waals surface area (Å²) in [5, 5.41) is 5.77. The number of piperazine rings is 1. The first-order valence-corrected chi connectivity index (χ1v) is 5.47. The summed E-state index contributed by atoms with van der Waals surface area (Å²) in [6.45, 7) is 6.65. The number of carbonyl (C=O) groups is 2. The monoisotopic (exact) mass is 249 g/mol. The molecule has 0 bridgehead atoms. The molecule has 1 unspecified atom stereocenters. The largest absolute Gasteiger partial charge is 0.356 e. The van der Waals surface area contributed by atoms with Gasteiger partial charge in [0.25, 0.3) is 0 Å². The van der Waals surface area contributed by atoms with Gasteiger partial charge in [0.2, 0.25) is 11.8 Å². The lowest BCUT2D eigenvalue weighted by Crippen LogP contribution is -2.56. The van der Waals surface area contributed by atoms with Gasteiger partial charge in [-0.25, -0.2) is 0 Å². The lowest BCUT2D eigenvalue weighted by molar-refractivity contribution is -0.138. The standard InChI is InChI=1S/C10H19N3O2.ClH/c1-3-11-9(14)7-8-10(15)13(4-2)6-5-12-8;/h8,12H,3-7H2,1-2H3,(H,11,14);1H. The molecule has 6 heteroatoms. The summed E-state index contributed by atoms with van der Waals surface area (Å²) in [5.41, 5.74) is 0. The van der Waals surface area contributed by atoms with E-state index in [1.165, 1.54) is 0 Å². The van der Waals surface area contributed by atoms with Crippen LogP contribution in [0.5, 0.6) is 0 Å². The van der Waals surface area contributed by atoms with Crippen LogP contribution >= 0.6 is 12.4 Å². The third-order valence-electron chi connectivity index (χ3n) is 2.53. The molecule has 2 amide bonds. The minimum Gasteiger partial charge on any atom is -0.356 e. The van der Waals surface area contributed by atoms with Gasteiger partial charge in [-0.05, 0) is 13.8 Å². The molecular formula is C10H20ClN3O2. The number of nitrogens with zero attached hydrogens (tertiary/aromatic N) is 1. The number of hydrogen-bond acceptors (Lipinski definition) is 3. The molecule has 1 saturated heterocycles. The maximum Gasteiger partial charge on any atom is 0.240 e. The van der Waals surface area contributed by atoms with Gasteiger partial charge in [-0.1, -0.05) is 0 Å². The fourth-order valence-corrected chi connectivity index (χ4v) is 1.72. The second-order valence-corrected chi connectivity index (χ2v) is 3.58. The summed E-state index contributed by atoms with van der Waals surface area (Å²) in [6, 6.07) is -0.342. The Labute approximate surface area is 102 Å². The summed E-state index contributed by atoms with van der Waals surface area (Å²) in [6.07, 6.45) is 0.239. The van der Waals surface area contributed by atoms with Crippen molar-refractivity contribution < 1.29 is 9.59 Å². The lowest BCUT2D eigenvalue weighted by atomic mass is 10.1. The molecule has 1 fully saturated rings. The van der Waals surface area contributed by atoms with E-state index in [9.17, 15) is 9.59 Å². The third-order valence-corrected chi connectivity index (χ3v) is 2.53. The second-order valence-electron chi connectivity index (χ2n) is 3.58. The fraction of sp³-hybridized carbons (Fsp3) is 0.800. The van der Waals surface area contributed by atoms with Crippen LogP contribution in [0, 0.1) is 0 Å². The van der Waals surface area contributed by atoms with Crippen LogP contribution in [0.3, 0.4) is 0 Å². The van der Waals surface area contributed by atoms with Gasteiger partial charge in [-0.2, -0.15) is 0 Å². The van der Waals surface area contributed by atoms with Gasteiger partial charge in [-0.15, -0.1) is 12.4 Å². The van der Waals surface area contributed by atoms with E-state index >= 15 is 0 Å². The number of halogens is 1. The van der Waals surface area contributed by atoms with Crippen molar-refractivity contribution in [1.82, 2.24) is 15.5 Å². The van der Waals surface area contributed by atoms with Crippen molar-refractivity contribution >= 4 is 24.2 Å². The third kappa shape index (κ3) is 3.98. The molecule has 0 aromatic carbocycles. The highest BCUT2D eigenvalue weighted by Gasteiger charge is 2.28. The quantitative estimate of drug-likeness (QED) is 0.723. The molecule has 1 atom stereocenters. The molecule has 0 aliphatic carbocycles. The molecule has 0 spiro atoms. The van der Waals surface area contributed by atoms with Crippen LogP contribution in [0.4, 0.5) is 0 Å². The minimum atomic E-state index is -0.342. The number of carbonyl (C=O) groups excluding carboxylic acids is 2. The number of likely N-dealkylation sites (N-methyl/N-ethyl adjacent to an activating group) is 1. The number of rotatable bonds is 4. The number of nitrogens with one attached hydrogen (secondary N) is 2. The maximum atomic E-state index is 11.8. The molecular weight excluding hydrogens is 230 g/mol. The fourth-order valence-electron chi connectivity index (χ4n) is 1.72. The molecule has 5 nitrogen and oxygen atoms in total. The van der Waals surface area contributed by atoms with Crippen LogP contribution in [0.1, 0.15) is 20.3 Å². The van der Waals surface area contributed by atoms with E-state index in [2.05, 4.69) is 10.6 Å². The predicted octanol–water partition coefficient (Wildman–Crippen LogP) is -0.245. The van der Waals surface area contributed by atoms with E-state index in [0.29, 0.717) is 13.1 Å². The number of hydrogen-bond donors (Lipinski definition) is 2. The zero-order valence-corrected chi connectivity index (χ0v) is 10.6. The first-order chi connectivity index (χ1) is 7.19. The van der Waals surface area contributed by atoms with E-state index in [1.54, 1.807) is 4.90 Å². The normalized spacial score (nSPS) is 20.2. The first-order valence-electron chi connectivity index (χ1n) is 5.47. The minimum absolute atomic E-state index is 0. The van der Waals surface area contributed by atoms with Crippen LogP contribution in [0.25, 0.3) is 0 Å². The lowest BCUT2D eigenvalue weighted by Gasteiger charge is -2.32. The second kappa shape index (κ2) is 7.46. The highest BCUT2D eigenvalue weighted by atomic mass is 35.5. The van der Waals surface area contributed by atoms with Crippen LogP contribution in [0.15, 0.2) is 0 Å². The summed E-state index contributed by atoms with van der Waals surface area (Å²) in [7, 11) is 0. The van der Waals surface area contributed by atoms with Gasteiger partial charge in [0.05, 0.1) is 12.5 Å². The van der Waals surface area contributed by atoms with Crippen molar-refractivity contribution in [2.75, 3.05) is 26.2 Å². The first kappa shape index (κ1) is 15.2. The Morgan fingerprint density at radius 1 is 1.56 bits per heavy atom. The van der Waals surface area contributed by atoms with E-state index in [-0.39, 0.29) is 36.7 Å². The molecule has 2 N–H and O–H groups in total. The van der Waals surface area contributed by atoms with Gasteiger partial charge in [0.15, 0.2) is 0 Å². The maximum absolute atomic E-state index is 11.8. The molecule has 1 aliphatic heterocycles. The smallest absolute Gasteiger partial charge is 0.240 e. The van der Waals surface area contributed by atoms with Gasteiger partial charge in [-0.3, -0.25) is 9.59 Å². The summed E-state index contributed by atoms with van der Waals surface area (Å²) in [4.78, 5) is 24.9. The molecule has 0 aromatic heterocycles. The molecule has 1 heterocycles. The Kier molecular flexibility index (Phi) is 7.08. The predicted molar refractivity (Wildman–Crippen MR) is 64.6 cm³/mol. The Hall–Kier alpha value is -0.810. The van der Waals surface area contributed by atoms with Gasteiger partial charge < -0.3 is 15.5 Å². The molecule has 94 valence electrons. The van der Waals surface area contributed by atoms with Crippen molar-refractivity contribution in [2.45, 2.75) is 26.3 Å². The average molecular weight is 250 g/mol. The van der Waals surface area contributed by atoms with Crippen LogP contribution < -0.4 is 10.6 Å². The van der Waals surface area contributed by atoms with Gasteiger partial charge >= 0.3 is 0 Å². The van der Waals surface area contributed by atoms with E-state index in [4.69, 9.17) is 0 Å². The van der Waals surface area contributed by atoms with Crippen LogP contribution in [-0.4, -0.2) is 48.9 Å². The molecule has 0 saturated carbocycles. The van der Waals surface area contributed by atoms with Crippen molar-refractivity contribution in [3.8, 4) is 0 Å². The van der Waals surface area contributed by atoms with Crippen LogP contribution in [0.2, 0.25) is 0 Å². The Morgan fingerprint density at radius 2 is 2.25 bits per heavy atom. The highest BCUT2D eigenvalue weighted by molar-refractivity contribution is 5.88. The molecule has 1 rings (SSSR count). The van der Waals surface area contributed by atoms with E-state index in [0.717, 1.165) is 13.1 Å². The Bertz CT molecular complexity index is 248. The zero-order valence-electron chi connectivity index (χ0n) is 9.78. The van der Waals surface area contributed by atoms with Crippen molar-refractivity contribution in [3.63, 3.8) is 0 Å². The van der Waals surface area contributed by atoms with Crippen molar-refractivity contribution in [2.24, 2.45) is 0 Å². The topological polar surface area (TPSA) is 61.4 Å². The van der Waals surface area contributed by atoms with Gasteiger partial charge in [0, 0.05) is 26.2 Å². The molecule has 16 heavy (non-hydrogen) atoms. The summed E-state index contributed by atoms with van der Waals surface area (Å²) < 4.78 is 0. The average Bonchev–Trinajstić information content (AvgIpc) is 2.21. The molecule has 0 radical (unpaired) electrons. The van der Waals surface area contributed by atoms with Crippen LogP contribution in [-0.2, 0) is 9.59 Å². The Morgan fingerprint density at radius 3 is 2.81 bits per heavy atom. The van der Waals surface area contributed by atoms with Crippen molar-refractivity contribution in [3.05, 3.63) is 0 Å². The van der Waals surface area contributed by atoms with E-state index < -0.39 is 0 Å². The van der Waals surface area contributed by atoms with Gasteiger partial charge in [0.1, 0.15) is 0 Å². The highest BCUT2D eigenvalue weighted by Crippen LogP contribution is 2.04. The zero-order chi connectivity index (χ0) is 11.3. The Balaban J connectivity index is 0.00000225. The molecule has 0 aromatic rings. The summed E-state index contributed by atoms with van der Waals surface area (Å²) in [5.74, 6) is -0.0312. The SMILES string of the molecule is CCNC(=O)CC1NCCN(CC)C1=O.Cl. The van der Waals surface area contributed by atoms with E-state index in [1.807, 2.05) is 13.8 Å². The molecule has 1 aliphatic rings. The van der Waals surface area contributed by atoms with Crippen molar-refractivity contribution in [1.29, 1.82) is 0 Å².